The number of aliphatic hydroxyl groups is 3. The highest BCUT2D eigenvalue weighted by Gasteiger charge is 2.44. The summed E-state index contributed by atoms with van der Waals surface area (Å²) in [6, 6.07) is -13.3. The maximum Gasteiger partial charge on any atom is 0.328 e. The van der Waals surface area contributed by atoms with Crippen molar-refractivity contribution in [3.05, 3.63) is 0 Å². The zero-order valence-corrected chi connectivity index (χ0v) is 47.4. The molecular weight excluding hydrogens is 1030 g/mol. The number of rotatable bonds is 31. The summed E-state index contributed by atoms with van der Waals surface area (Å²) < 4.78 is 0. The Hall–Kier alpha value is -6.03. The van der Waals surface area contributed by atoms with Gasteiger partial charge in [0.2, 0.25) is 53.2 Å². The van der Waals surface area contributed by atoms with E-state index in [0.717, 1.165) is 0 Å². The van der Waals surface area contributed by atoms with Crippen molar-refractivity contribution in [2.45, 2.75) is 205 Å². The molecule has 3 fully saturated rings. The molecule has 12 atom stereocenters. The van der Waals surface area contributed by atoms with Gasteiger partial charge in [0.15, 0.2) is 6.04 Å². The molecule has 0 aromatic carbocycles. The van der Waals surface area contributed by atoms with Gasteiger partial charge in [-0.2, -0.15) is 0 Å². The number of aliphatic hydroxyl groups excluding tert-OH is 3. The smallest absolute Gasteiger partial charge is 0.328 e. The van der Waals surface area contributed by atoms with Crippen LogP contribution in [0.3, 0.4) is 0 Å². The Labute approximate surface area is 462 Å². The van der Waals surface area contributed by atoms with E-state index in [9.17, 15) is 73.2 Å². The minimum Gasteiger partial charge on any atom is -0.480 e. The zero-order valence-electron chi connectivity index (χ0n) is 47.4. The van der Waals surface area contributed by atoms with Crippen LogP contribution >= 0.6 is 0 Å². The van der Waals surface area contributed by atoms with Gasteiger partial charge in [-0.25, -0.2) is 4.79 Å². The van der Waals surface area contributed by atoms with E-state index in [0.29, 0.717) is 51.6 Å². The van der Waals surface area contributed by atoms with Crippen molar-refractivity contribution in [2.24, 2.45) is 17.8 Å². The summed E-state index contributed by atoms with van der Waals surface area (Å²) in [5.41, 5.74) is 7.65. The molecule has 3 heterocycles. The largest absolute Gasteiger partial charge is 0.480 e. The van der Waals surface area contributed by atoms with Gasteiger partial charge in [-0.3, -0.25) is 47.9 Å². The van der Waals surface area contributed by atoms with Crippen LogP contribution in [0.15, 0.2) is 0 Å². The molecule has 79 heavy (non-hydrogen) atoms. The number of hydrogen-bond acceptors (Lipinski definition) is 14. The van der Waals surface area contributed by atoms with Crippen molar-refractivity contribution in [1.29, 1.82) is 0 Å². The number of unbranched alkanes of at least 4 members (excludes halogenated alkanes) is 1. The van der Waals surface area contributed by atoms with Crippen LogP contribution in [0.4, 0.5) is 0 Å². The Kier molecular flexibility index (Phi) is 27.5. The van der Waals surface area contributed by atoms with Crippen molar-refractivity contribution in [1.82, 2.24) is 51.9 Å². The van der Waals surface area contributed by atoms with Crippen molar-refractivity contribution in [2.75, 3.05) is 39.4 Å². The van der Waals surface area contributed by atoms with Gasteiger partial charge in [0.05, 0.1) is 25.9 Å². The summed E-state index contributed by atoms with van der Waals surface area (Å²) in [5, 5.41) is 57.7. The topological polar surface area (TPSA) is 418 Å². The van der Waals surface area contributed by atoms with Gasteiger partial charge in [-0.15, -0.1) is 0 Å². The van der Waals surface area contributed by atoms with Crippen LogP contribution in [0, 0.1) is 17.8 Å². The van der Waals surface area contributed by atoms with Gasteiger partial charge in [-0.1, -0.05) is 41.5 Å². The van der Waals surface area contributed by atoms with Crippen LogP contribution in [0.5, 0.6) is 0 Å². The van der Waals surface area contributed by atoms with Crippen LogP contribution in [-0.2, 0) is 52.7 Å². The fourth-order valence-corrected chi connectivity index (χ4v) is 10.1. The summed E-state index contributed by atoms with van der Waals surface area (Å²) in [6.45, 7) is 13.0. The second-order valence-electron chi connectivity index (χ2n) is 22.5. The summed E-state index contributed by atoms with van der Waals surface area (Å²) in [7, 11) is 0. The first-order chi connectivity index (χ1) is 37.2. The minimum atomic E-state index is -1.65. The van der Waals surface area contributed by atoms with Crippen LogP contribution in [-0.4, -0.2) is 212 Å². The van der Waals surface area contributed by atoms with Crippen LogP contribution in [0.1, 0.15) is 132 Å². The van der Waals surface area contributed by atoms with Crippen LogP contribution in [0.25, 0.3) is 0 Å². The Balaban J connectivity index is 1.79. The second kappa shape index (κ2) is 32.3. The standard InChI is InChI=1S/C52H90N12O15/c1-27(2)22-33(43(69)60-37(26-66)52(78)79)56-44(70)36(25-65)59-46(72)39-16-13-21-64(39)50(76)34(23-28(3)4)57-42(68)32(14-9-10-18-53)55-45(71)38-15-12-20-63(38)51(77)35(24-29(5)6)58-48(74)41(31(8)67)61-47(73)40-17-11-19-62(40)49(75)30(7)54/h27-41,65-67H,9-26,53-54H2,1-8H3,(H,55,71)(H,56,70)(H,57,68)(H,58,74)(H,59,72)(H,60,69)(H,61,73)(H,78,79)/p+2/t30-,31+,32-,33-,34-,35-,36-,37-,38-,39-,40-,41-/m0/s1. The van der Waals surface area contributed by atoms with E-state index in [1.165, 1.54) is 21.6 Å². The van der Waals surface area contributed by atoms with Crippen molar-refractivity contribution >= 4 is 65.0 Å². The van der Waals surface area contributed by atoms with Gasteiger partial charge in [0.1, 0.15) is 60.4 Å². The number of carbonyl (C=O) groups excluding carboxylic acids is 10. The molecule has 0 saturated carbocycles. The molecule has 3 saturated heterocycles. The van der Waals surface area contributed by atoms with E-state index >= 15 is 0 Å². The maximum atomic E-state index is 14.5. The molecule has 3 rings (SSSR count). The molecule has 27 heteroatoms. The number of amides is 10. The number of carboxylic acids is 1. The number of nitrogens with one attached hydrogen (secondary N) is 7. The number of carboxylic acid groups (broad SMARTS) is 1. The van der Waals surface area contributed by atoms with Gasteiger partial charge in [0.25, 0.3) is 5.91 Å². The lowest BCUT2D eigenvalue weighted by atomic mass is 10.00. The minimum absolute atomic E-state index is 0.0368. The molecule has 0 aliphatic carbocycles. The Morgan fingerprint density at radius 2 is 0.848 bits per heavy atom. The third kappa shape index (κ3) is 19.9. The van der Waals surface area contributed by atoms with E-state index < -0.39 is 145 Å². The summed E-state index contributed by atoms with van der Waals surface area (Å²) in [6.07, 6.45) is 2.13. The summed E-state index contributed by atoms with van der Waals surface area (Å²) in [5.74, 6) is -9.01. The average molecular weight is 1130 g/mol. The number of likely N-dealkylation sites (tertiary alicyclic amines) is 3. The first-order valence-electron chi connectivity index (χ1n) is 28.0. The monoisotopic (exact) mass is 1120 g/mol. The third-order valence-electron chi connectivity index (χ3n) is 14.2. The van der Waals surface area contributed by atoms with E-state index in [2.05, 4.69) is 48.7 Å². The average Bonchev–Trinajstić information content (AvgIpc) is 4.20. The molecular formula is C52H92N12O15+2. The highest BCUT2D eigenvalue weighted by molar-refractivity contribution is 5.99. The van der Waals surface area contributed by atoms with Gasteiger partial charge in [0, 0.05) is 19.6 Å². The lowest BCUT2D eigenvalue weighted by molar-refractivity contribution is -0.400. The highest BCUT2D eigenvalue weighted by Crippen LogP contribution is 2.24. The van der Waals surface area contributed by atoms with E-state index in [1.54, 1.807) is 20.8 Å². The molecule has 0 spiro atoms. The fraction of sp³-hybridized carbons (Fsp3) is 0.788. The lowest BCUT2D eigenvalue weighted by Gasteiger charge is -2.33. The SMILES string of the molecule is CC(C)C[C@H](NC(=O)[C@H](CO)NC(=O)[C@@H]1CCCN1C(=O)[C@H](CC(C)C)NC(=O)[C@H](CCCC[NH3+])NC(=O)[C@@H]1CCCN1C(=O)[C@H](CC(C)C)NC(=O)[C@@H](NC(=O)[C@@H]1CCCN1C(=O)[C@H](C)[NH3+])[C@@H](C)O)C(=O)N[C@@H](CO)C(=O)O. The van der Waals surface area contributed by atoms with E-state index in [4.69, 9.17) is 0 Å². The number of aliphatic carboxylic acids is 1. The zero-order chi connectivity index (χ0) is 59.4. The molecule has 0 bridgehead atoms. The quantitative estimate of drug-likeness (QED) is 0.0289. The van der Waals surface area contributed by atoms with Gasteiger partial charge in [-0.05, 0) is 109 Å². The molecule has 0 unspecified atom stereocenters. The van der Waals surface area contributed by atoms with Crippen LogP contribution < -0.4 is 48.7 Å². The second-order valence-corrected chi connectivity index (χ2v) is 22.5. The maximum absolute atomic E-state index is 14.5. The normalized spacial score (nSPS) is 20.8. The number of quaternary nitrogens is 2. The fourth-order valence-electron chi connectivity index (χ4n) is 10.1. The van der Waals surface area contributed by atoms with Crippen LogP contribution in [0.2, 0.25) is 0 Å². The van der Waals surface area contributed by atoms with Gasteiger partial charge < -0.3 is 83.8 Å². The molecule has 17 N–H and O–H groups in total. The van der Waals surface area contributed by atoms with Crippen molar-refractivity contribution < 1.29 is 84.6 Å². The van der Waals surface area contributed by atoms with Gasteiger partial charge >= 0.3 is 5.97 Å². The number of hydrogen-bond donors (Lipinski definition) is 13. The lowest BCUT2D eigenvalue weighted by Crippen LogP contribution is -2.67. The van der Waals surface area contributed by atoms with Crippen molar-refractivity contribution in [3.63, 3.8) is 0 Å². The summed E-state index contributed by atoms with van der Waals surface area (Å²) in [4.78, 5) is 154. The molecule has 10 amide bonds. The predicted molar refractivity (Wildman–Crippen MR) is 284 cm³/mol. The highest BCUT2D eigenvalue weighted by atomic mass is 16.4. The van der Waals surface area contributed by atoms with E-state index in [-0.39, 0.29) is 75.3 Å². The van der Waals surface area contributed by atoms with E-state index in [1.807, 2.05) is 27.7 Å². The molecule has 0 radical (unpaired) electrons. The molecule has 3 aliphatic rings. The first-order valence-corrected chi connectivity index (χ1v) is 28.0. The molecule has 27 nitrogen and oxygen atoms in total. The Morgan fingerprint density at radius 3 is 1.25 bits per heavy atom. The first kappa shape index (κ1) is 67.2. The number of nitrogens with zero attached hydrogens (tertiary/aromatic N) is 3. The summed E-state index contributed by atoms with van der Waals surface area (Å²) >= 11 is 0. The Morgan fingerprint density at radius 1 is 0.481 bits per heavy atom. The number of carbonyl (C=O) groups is 11. The molecule has 448 valence electrons. The Bertz CT molecular complexity index is 2130. The molecule has 3 aliphatic heterocycles. The predicted octanol–water partition coefficient (Wildman–Crippen LogP) is -5.02. The van der Waals surface area contributed by atoms with Crippen molar-refractivity contribution in [3.8, 4) is 0 Å². The molecule has 0 aromatic rings. The molecule has 0 aromatic heterocycles. The third-order valence-corrected chi connectivity index (χ3v) is 14.2.